The molecule has 1 N–H and O–H groups in total. The largest absolute Gasteiger partial charge is 0.330 e. The summed E-state index contributed by atoms with van der Waals surface area (Å²) in [4.78, 5) is 23.4. The van der Waals surface area contributed by atoms with Gasteiger partial charge in [-0.3, -0.25) is 13.9 Å². The molecule has 1 aromatic rings. The first-order valence-electron chi connectivity index (χ1n) is 7.46. The van der Waals surface area contributed by atoms with Crippen LogP contribution in [0.5, 0.6) is 0 Å². The molecule has 0 saturated heterocycles. The molecule has 0 bridgehead atoms. The SMILES string of the molecule is CCCCCCC(C)NCc1cc(=O)n(C)c(=O)n1C. The van der Waals surface area contributed by atoms with Crippen LogP contribution in [0.15, 0.2) is 15.7 Å². The van der Waals surface area contributed by atoms with E-state index in [2.05, 4.69) is 19.2 Å². The molecule has 0 aliphatic heterocycles. The Bertz CT molecular complexity index is 531. The van der Waals surface area contributed by atoms with Gasteiger partial charge < -0.3 is 5.32 Å². The van der Waals surface area contributed by atoms with Crippen LogP contribution < -0.4 is 16.6 Å². The van der Waals surface area contributed by atoms with Crippen LogP contribution in [0.2, 0.25) is 0 Å². The molecular weight excluding hydrogens is 254 g/mol. The summed E-state index contributed by atoms with van der Waals surface area (Å²) in [5, 5.41) is 3.38. The van der Waals surface area contributed by atoms with Crippen molar-refractivity contribution in [2.75, 3.05) is 0 Å². The van der Waals surface area contributed by atoms with Crippen molar-refractivity contribution in [2.24, 2.45) is 14.1 Å². The molecule has 1 aromatic heterocycles. The Morgan fingerprint density at radius 2 is 1.85 bits per heavy atom. The minimum Gasteiger partial charge on any atom is -0.309 e. The lowest BCUT2D eigenvalue weighted by atomic mass is 10.1. The van der Waals surface area contributed by atoms with Crippen molar-refractivity contribution in [2.45, 2.75) is 58.5 Å². The molecule has 20 heavy (non-hydrogen) atoms. The van der Waals surface area contributed by atoms with Gasteiger partial charge in [0.25, 0.3) is 5.56 Å². The first-order chi connectivity index (χ1) is 9.47. The molecule has 1 atom stereocenters. The van der Waals surface area contributed by atoms with Crippen LogP contribution in [0.3, 0.4) is 0 Å². The third-order valence-electron chi connectivity index (χ3n) is 3.75. The molecule has 0 radical (unpaired) electrons. The predicted molar refractivity (Wildman–Crippen MR) is 82.0 cm³/mol. The predicted octanol–water partition coefficient (Wildman–Crippen LogP) is 1.53. The standard InChI is InChI=1S/C15H27N3O2/c1-5-6-7-8-9-12(2)16-11-13-10-14(19)18(4)15(20)17(13)3/h10,12,16H,5-9,11H2,1-4H3. The number of nitrogens with zero attached hydrogens (tertiary/aromatic N) is 2. The first-order valence-corrected chi connectivity index (χ1v) is 7.46. The number of hydrogen-bond acceptors (Lipinski definition) is 3. The van der Waals surface area contributed by atoms with Gasteiger partial charge in [-0.25, -0.2) is 4.79 Å². The molecule has 0 amide bonds. The van der Waals surface area contributed by atoms with Crippen LogP contribution in [0.1, 0.15) is 51.6 Å². The highest BCUT2D eigenvalue weighted by Gasteiger charge is 2.07. The highest BCUT2D eigenvalue weighted by Crippen LogP contribution is 2.05. The Morgan fingerprint density at radius 1 is 1.15 bits per heavy atom. The van der Waals surface area contributed by atoms with Crippen LogP contribution in [-0.4, -0.2) is 15.2 Å². The zero-order valence-corrected chi connectivity index (χ0v) is 13.1. The summed E-state index contributed by atoms with van der Waals surface area (Å²) < 4.78 is 2.65. The maximum absolute atomic E-state index is 11.8. The van der Waals surface area contributed by atoms with Crippen LogP contribution in [0.4, 0.5) is 0 Å². The molecule has 1 heterocycles. The molecule has 5 nitrogen and oxygen atoms in total. The molecule has 0 aromatic carbocycles. The minimum atomic E-state index is -0.273. The fraction of sp³-hybridized carbons (Fsp3) is 0.733. The van der Waals surface area contributed by atoms with Crippen molar-refractivity contribution in [1.29, 1.82) is 0 Å². The summed E-state index contributed by atoms with van der Waals surface area (Å²) in [5.41, 5.74) is 0.212. The number of rotatable bonds is 8. The smallest absolute Gasteiger partial charge is 0.309 e. The van der Waals surface area contributed by atoms with Crippen molar-refractivity contribution < 1.29 is 0 Å². The molecule has 0 aliphatic rings. The maximum Gasteiger partial charge on any atom is 0.330 e. The van der Waals surface area contributed by atoms with E-state index in [1.165, 1.54) is 43.4 Å². The quantitative estimate of drug-likeness (QED) is 0.735. The van der Waals surface area contributed by atoms with Crippen LogP contribution in [0.25, 0.3) is 0 Å². The molecule has 0 fully saturated rings. The molecule has 0 aliphatic carbocycles. The van der Waals surface area contributed by atoms with Gasteiger partial charge in [-0.1, -0.05) is 32.6 Å². The second-order valence-electron chi connectivity index (χ2n) is 5.51. The van der Waals surface area contributed by atoms with Gasteiger partial charge in [-0.2, -0.15) is 0 Å². The highest BCUT2D eigenvalue weighted by molar-refractivity contribution is 5.02. The van der Waals surface area contributed by atoms with E-state index in [4.69, 9.17) is 0 Å². The van der Waals surface area contributed by atoms with E-state index in [0.717, 1.165) is 16.7 Å². The van der Waals surface area contributed by atoms with Gasteiger partial charge in [-0.05, 0) is 13.3 Å². The Hall–Kier alpha value is -1.36. The molecule has 1 unspecified atom stereocenters. The van der Waals surface area contributed by atoms with Crippen molar-refractivity contribution in [1.82, 2.24) is 14.5 Å². The van der Waals surface area contributed by atoms with E-state index in [9.17, 15) is 9.59 Å². The van der Waals surface area contributed by atoms with Crippen LogP contribution in [0, 0.1) is 0 Å². The normalized spacial score (nSPS) is 12.6. The average Bonchev–Trinajstić information content (AvgIpc) is 2.43. The van der Waals surface area contributed by atoms with E-state index in [-0.39, 0.29) is 11.2 Å². The third kappa shape index (κ3) is 4.63. The summed E-state index contributed by atoms with van der Waals surface area (Å²) in [7, 11) is 3.20. The van der Waals surface area contributed by atoms with E-state index in [0.29, 0.717) is 12.6 Å². The summed E-state index contributed by atoms with van der Waals surface area (Å²) in [6, 6.07) is 1.92. The van der Waals surface area contributed by atoms with Gasteiger partial charge in [0.05, 0.1) is 0 Å². The lowest BCUT2D eigenvalue weighted by Crippen LogP contribution is -2.39. The van der Waals surface area contributed by atoms with Crippen molar-refractivity contribution in [3.05, 3.63) is 32.6 Å². The van der Waals surface area contributed by atoms with Gasteiger partial charge in [0, 0.05) is 38.4 Å². The fourth-order valence-electron chi connectivity index (χ4n) is 2.21. The summed E-state index contributed by atoms with van der Waals surface area (Å²) in [6.45, 7) is 4.90. The van der Waals surface area contributed by atoms with Crippen molar-refractivity contribution >= 4 is 0 Å². The van der Waals surface area contributed by atoms with Crippen LogP contribution in [-0.2, 0) is 20.6 Å². The number of nitrogens with one attached hydrogen (secondary N) is 1. The van der Waals surface area contributed by atoms with Crippen molar-refractivity contribution in [3.8, 4) is 0 Å². The summed E-state index contributed by atoms with van der Waals surface area (Å²) in [6.07, 6.45) is 6.15. The van der Waals surface area contributed by atoms with E-state index < -0.39 is 0 Å². The molecule has 1 rings (SSSR count). The number of hydrogen-bond donors (Lipinski definition) is 1. The Kier molecular flexibility index (Phi) is 6.71. The highest BCUT2D eigenvalue weighted by atomic mass is 16.2. The number of aromatic nitrogens is 2. The second-order valence-corrected chi connectivity index (χ2v) is 5.51. The maximum atomic E-state index is 11.8. The van der Waals surface area contributed by atoms with Gasteiger partial charge in [0.1, 0.15) is 0 Å². The Labute approximate surface area is 120 Å². The lowest BCUT2D eigenvalue weighted by molar-refractivity contribution is 0.471. The summed E-state index contributed by atoms with van der Waals surface area (Å²) in [5.74, 6) is 0. The molecule has 0 saturated carbocycles. The van der Waals surface area contributed by atoms with Gasteiger partial charge >= 0.3 is 5.69 Å². The minimum absolute atomic E-state index is 0.250. The van der Waals surface area contributed by atoms with E-state index in [1.807, 2.05) is 0 Å². The molecular formula is C15H27N3O2. The first kappa shape index (κ1) is 16.7. The number of unbranched alkanes of at least 4 members (excludes halogenated alkanes) is 3. The van der Waals surface area contributed by atoms with Gasteiger partial charge in [0.2, 0.25) is 0 Å². The average molecular weight is 281 g/mol. The third-order valence-corrected chi connectivity index (χ3v) is 3.75. The Morgan fingerprint density at radius 3 is 2.50 bits per heavy atom. The zero-order chi connectivity index (χ0) is 15.1. The Balaban J connectivity index is 2.54. The topological polar surface area (TPSA) is 56.0 Å². The molecule has 0 spiro atoms. The van der Waals surface area contributed by atoms with Gasteiger partial charge in [0.15, 0.2) is 0 Å². The van der Waals surface area contributed by atoms with Gasteiger partial charge in [-0.15, -0.1) is 0 Å². The molecule has 114 valence electrons. The van der Waals surface area contributed by atoms with E-state index >= 15 is 0 Å². The molecule has 5 heteroatoms. The van der Waals surface area contributed by atoms with E-state index in [1.54, 1.807) is 7.05 Å². The monoisotopic (exact) mass is 281 g/mol. The fourth-order valence-corrected chi connectivity index (χ4v) is 2.21. The second kappa shape index (κ2) is 8.04. The van der Waals surface area contributed by atoms with Crippen molar-refractivity contribution in [3.63, 3.8) is 0 Å². The van der Waals surface area contributed by atoms with Crippen LogP contribution >= 0.6 is 0 Å². The lowest BCUT2D eigenvalue weighted by Gasteiger charge is -2.15. The summed E-state index contributed by atoms with van der Waals surface area (Å²) >= 11 is 0. The zero-order valence-electron chi connectivity index (χ0n) is 13.1.